The van der Waals surface area contributed by atoms with E-state index in [2.05, 4.69) is 24.1 Å². The molecule has 1 aliphatic rings. The summed E-state index contributed by atoms with van der Waals surface area (Å²) in [6.45, 7) is 3.48. The van der Waals surface area contributed by atoms with Crippen LogP contribution < -0.4 is 5.73 Å². The Hall–Kier alpha value is -0.940. The molecular formula is C16H26N2O2. The molecule has 0 saturated carbocycles. The Morgan fingerprint density at radius 1 is 1.30 bits per heavy atom. The molecular weight excluding hydrogens is 252 g/mol. The zero-order valence-electron chi connectivity index (χ0n) is 12.3. The summed E-state index contributed by atoms with van der Waals surface area (Å²) in [4.78, 5) is 2.19. The van der Waals surface area contributed by atoms with Gasteiger partial charge in [-0.15, -0.1) is 0 Å². The van der Waals surface area contributed by atoms with Crippen LogP contribution in [0.1, 0.15) is 24.3 Å². The smallest absolute Gasteiger partial charge is 0.0817 e. The van der Waals surface area contributed by atoms with Gasteiger partial charge >= 0.3 is 0 Å². The Bertz CT molecular complexity index is 391. The van der Waals surface area contributed by atoms with Gasteiger partial charge in [0.25, 0.3) is 0 Å². The number of hydrogen-bond donors (Lipinski definition) is 2. The minimum absolute atomic E-state index is 0.310. The molecule has 20 heavy (non-hydrogen) atoms. The van der Waals surface area contributed by atoms with E-state index < -0.39 is 5.60 Å². The molecule has 0 spiro atoms. The summed E-state index contributed by atoms with van der Waals surface area (Å²) in [6.07, 6.45) is 1.44. The maximum absolute atomic E-state index is 10.5. The highest BCUT2D eigenvalue weighted by atomic mass is 16.5. The summed E-state index contributed by atoms with van der Waals surface area (Å²) >= 11 is 0. The third kappa shape index (κ3) is 4.28. The monoisotopic (exact) mass is 278 g/mol. The van der Waals surface area contributed by atoms with E-state index in [1.807, 2.05) is 18.2 Å². The molecule has 1 fully saturated rings. The number of benzene rings is 1. The minimum Gasteiger partial charge on any atom is -0.388 e. The first kappa shape index (κ1) is 15.4. The lowest BCUT2D eigenvalue weighted by atomic mass is 9.93. The molecule has 112 valence electrons. The van der Waals surface area contributed by atoms with Gasteiger partial charge in [-0.25, -0.2) is 0 Å². The lowest BCUT2D eigenvalue weighted by Gasteiger charge is -2.36. The van der Waals surface area contributed by atoms with Gasteiger partial charge in [-0.2, -0.15) is 0 Å². The Morgan fingerprint density at radius 2 is 1.95 bits per heavy atom. The van der Waals surface area contributed by atoms with Crippen molar-refractivity contribution in [1.82, 2.24) is 4.90 Å². The van der Waals surface area contributed by atoms with Gasteiger partial charge in [0.2, 0.25) is 0 Å². The molecule has 1 aromatic rings. The van der Waals surface area contributed by atoms with E-state index in [4.69, 9.17) is 10.5 Å². The zero-order chi connectivity index (χ0) is 14.4. The molecule has 0 radical (unpaired) electrons. The standard InChI is InChI=1S/C16H26N2O2/c1-18(13-16(19)7-9-20-10-8-16)12-15(11-17)14-5-3-2-4-6-14/h2-6,15,19H,7-13,17H2,1H3. The first-order valence-electron chi connectivity index (χ1n) is 7.37. The van der Waals surface area contributed by atoms with Crippen LogP contribution in [0.5, 0.6) is 0 Å². The van der Waals surface area contributed by atoms with Gasteiger partial charge in [-0.1, -0.05) is 30.3 Å². The average molecular weight is 278 g/mol. The Labute approximate surface area is 121 Å². The largest absolute Gasteiger partial charge is 0.388 e. The number of aliphatic hydroxyl groups is 1. The Kier molecular flexibility index (Phi) is 5.54. The van der Waals surface area contributed by atoms with Gasteiger partial charge in [0, 0.05) is 51.6 Å². The van der Waals surface area contributed by atoms with Crippen LogP contribution in [0.25, 0.3) is 0 Å². The molecule has 1 saturated heterocycles. The van der Waals surface area contributed by atoms with Crippen LogP contribution in [0.4, 0.5) is 0 Å². The van der Waals surface area contributed by atoms with Crippen LogP contribution >= 0.6 is 0 Å². The second-order valence-electron chi connectivity index (χ2n) is 5.88. The zero-order valence-corrected chi connectivity index (χ0v) is 12.3. The fourth-order valence-corrected chi connectivity index (χ4v) is 2.89. The first-order valence-corrected chi connectivity index (χ1v) is 7.37. The summed E-state index contributed by atoms with van der Waals surface area (Å²) in [5.41, 5.74) is 6.57. The summed E-state index contributed by atoms with van der Waals surface area (Å²) < 4.78 is 5.32. The molecule has 0 aliphatic carbocycles. The maximum Gasteiger partial charge on any atom is 0.0817 e. The summed E-state index contributed by atoms with van der Waals surface area (Å²) in [6, 6.07) is 10.3. The highest BCUT2D eigenvalue weighted by molar-refractivity contribution is 5.20. The van der Waals surface area contributed by atoms with E-state index in [1.54, 1.807) is 0 Å². The normalized spacial score (nSPS) is 20.0. The molecule has 1 aromatic carbocycles. The van der Waals surface area contributed by atoms with Gasteiger partial charge in [0.1, 0.15) is 0 Å². The van der Waals surface area contributed by atoms with Gasteiger partial charge in [-0.05, 0) is 12.6 Å². The highest BCUT2D eigenvalue weighted by Gasteiger charge is 2.31. The van der Waals surface area contributed by atoms with Crippen LogP contribution in [0.3, 0.4) is 0 Å². The second-order valence-corrected chi connectivity index (χ2v) is 5.88. The van der Waals surface area contributed by atoms with Crippen LogP contribution in [0, 0.1) is 0 Å². The molecule has 0 bridgehead atoms. The fourth-order valence-electron chi connectivity index (χ4n) is 2.89. The Balaban J connectivity index is 1.90. The molecule has 1 unspecified atom stereocenters. The second kappa shape index (κ2) is 7.18. The third-order valence-electron chi connectivity index (χ3n) is 4.08. The van der Waals surface area contributed by atoms with Crippen LogP contribution in [0.15, 0.2) is 30.3 Å². The summed E-state index contributed by atoms with van der Waals surface area (Å²) in [5, 5.41) is 10.5. The molecule has 3 N–H and O–H groups in total. The minimum atomic E-state index is -0.608. The topological polar surface area (TPSA) is 58.7 Å². The molecule has 1 aliphatic heterocycles. The van der Waals surface area contributed by atoms with Crippen molar-refractivity contribution in [2.45, 2.75) is 24.4 Å². The van der Waals surface area contributed by atoms with E-state index in [0.717, 1.165) is 19.4 Å². The van der Waals surface area contributed by atoms with Gasteiger partial charge in [-0.3, -0.25) is 0 Å². The predicted molar refractivity (Wildman–Crippen MR) is 80.7 cm³/mol. The van der Waals surface area contributed by atoms with Crippen molar-refractivity contribution in [3.63, 3.8) is 0 Å². The number of rotatable bonds is 6. The fraction of sp³-hybridized carbons (Fsp3) is 0.625. The molecule has 0 amide bonds. The van der Waals surface area contributed by atoms with Crippen molar-refractivity contribution in [2.75, 3.05) is 39.9 Å². The van der Waals surface area contributed by atoms with Crippen molar-refractivity contribution in [3.05, 3.63) is 35.9 Å². The van der Waals surface area contributed by atoms with Crippen molar-refractivity contribution >= 4 is 0 Å². The number of hydrogen-bond acceptors (Lipinski definition) is 4. The first-order chi connectivity index (χ1) is 9.63. The summed E-state index contributed by atoms with van der Waals surface area (Å²) in [7, 11) is 2.05. The van der Waals surface area contributed by atoms with Crippen molar-refractivity contribution in [1.29, 1.82) is 0 Å². The third-order valence-corrected chi connectivity index (χ3v) is 4.08. The molecule has 1 heterocycles. The lowest BCUT2D eigenvalue weighted by molar-refractivity contribution is -0.0772. The quantitative estimate of drug-likeness (QED) is 0.821. The number of nitrogens with zero attached hydrogens (tertiary/aromatic N) is 1. The predicted octanol–water partition coefficient (Wildman–Crippen LogP) is 1.20. The molecule has 2 rings (SSSR count). The van der Waals surface area contributed by atoms with E-state index in [9.17, 15) is 5.11 Å². The highest BCUT2D eigenvalue weighted by Crippen LogP contribution is 2.23. The van der Waals surface area contributed by atoms with E-state index in [1.165, 1.54) is 5.56 Å². The maximum atomic E-state index is 10.5. The van der Waals surface area contributed by atoms with Crippen molar-refractivity contribution in [3.8, 4) is 0 Å². The van der Waals surface area contributed by atoms with Crippen LogP contribution in [0.2, 0.25) is 0 Å². The molecule has 4 heteroatoms. The van der Waals surface area contributed by atoms with E-state index >= 15 is 0 Å². The van der Waals surface area contributed by atoms with Crippen molar-refractivity contribution < 1.29 is 9.84 Å². The van der Waals surface area contributed by atoms with Gasteiger partial charge in [0.15, 0.2) is 0 Å². The van der Waals surface area contributed by atoms with Crippen LogP contribution in [-0.2, 0) is 4.74 Å². The molecule has 1 atom stereocenters. The lowest BCUT2D eigenvalue weighted by Crippen LogP contribution is -2.46. The summed E-state index contributed by atoms with van der Waals surface area (Å²) in [5.74, 6) is 0.310. The molecule has 4 nitrogen and oxygen atoms in total. The number of nitrogens with two attached hydrogens (primary N) is 1. The van der Waals surface area contributed by atoms with E-state index in [0.29, 0.717) is 32.2 Å². The van der Waals surface area contributed by atoms with Crippen molar-refractivity contribution in [2.24, 2.45) is 5.73 Å². The SMILES string of the molecule is CN(CC(CN)c1ccccc1)CC1(O)CCOCC1. The van der Waals surface area contributed by atoms with Gasteiger partial charge < -0.3 is 20.5 Å². The van der Waals surface area contributed by atoms with E-state index in [-0.39, 0.29) is 0 Å². The van der Waals surface area contributed by atoms with Gasteiger partial charge in [0.05, 0.1) is 5.60 Å². The Morgan fingerprint density at radius 3 is 2.55 bits per heavy atom. The number of ether oxygens (including phenoxy) is 1. The molecule has 0 aromatic heterocycles. The number of likely N-dealkylation sites (N-methyl/N-ethyl adjacent to an activating group) is 1. The average Bonchev–Trinajstić information content (AvgIpc) is 2.46. The van der Waals surface area contributed by atoms with Crippen LogP contribution in [-0.4, -0.2) is 55.5 Å².